The molecule has 0 amide bonds. The van der Waals surface area contributed by atoms with Gasteiger partial charge in [-0.1, -0.05) is 134 Å². The van der Waals surface area contributed by atoms with Crippen LogP contribution in [0.4, 0.5) is 0 Å². The monoisotopic (exact) mass is 873 g/mol. The van der Waals surface area contributed by atoms with Gasteiger partial charge < -0.3 is 10.2 Å². The summed E-state index contributed by atoms with van der Waals surface area (Å²) in [5.74, 6) is 1.55. The summed E-state index contributed by atoms with van der Waals surface area (Å²) in [5, 5.41) is 26.6. The Labute approximate surface area is 339 Å². The fourth-order valence-electron chi connectivity index (χ4n) is 8.95. The van der Waals surface area contributed by atoms with Crippen LogP contribution in [-0.4, -0.2) is 16.8 Å². The second kappa shape index (κ2) is 18.0. The van der Waals surface area contributed by atoms with E-state index in [0.29, 0.717) is 6.42 Å². The van der Waals surface area contributed by atoms with Crippen molar-refractivity contribution in [1.29, 1.82) is 0 Å². The SMILES string of the molecule is O[CH-]CCO.[Hf].c1ccc2c(-c3cccc4[cH-]c(C5CCCC5)cc34)cccc2c1.c1ccc2c(-c3cccc4[cH-]c(C5CCCC5)cc34)cccc2c1. The molecule has 0 unspecified atom stereocenters. The van der Waals surface area contributed by atoms with Crippen molar-refractivity contribution in [3.63, 3.8) is 0 Å². The summed E-state index contributed by atoms with van der Waals surface area (Å²) < 4.78 is 0. The number of aliphatic hydroxyl groups excluding tert-OH is 2. The minimum Gasteiger partial charge on any atom is -0.566 e. The largest absolute Gasteiger partial charge is 0.566 e. The summed E-state index contributed by atoms with van der Waals surface area (Å²) in [7, 11) is 0. The van der Waals surface area contributed by atoms with Crippen LogP contribution in [0.3, 0.4) is 0 Å². The average Bonchev–Trinajstić information content (AvgIpc) is 4.05. The standard InChI is InChI=1S/2C24H21.C3H7O2.Hf/c2*1-2-8-17(7-1)20-15-19-11-6-14-23(24(19)16-20)22-13-5-10-18-9-3-4-12-21(18)22;4-2-1-3-5;/h2*3-6,9-17H,1-2,7-8H2;2,4-5H,1,3H2;/q3*-1;. The normalized spacial score (nSPS) is 14.6. The first kappa shape index (κ1) is 38.1. The van der Waals surface area contributed by atoms with Crippen molar-refractivity contribution in [3.05, 3.63) is 163 Å². The number of hydrogen-bond donors (Lipinski definition) is 2. The Morgan fingerprint density at radius 2 is 0.852 bits per heavy atom. The zero-order valence-electron chi connectivity index (χ0n) is 31.1. The fraction of sp³-hybridized carbons (Fsp3) is 0.235. The Hall–Kier alpha value is -4.15. The van der Waals surface area contributed by atoms with Gasteiger partial charge in [-0.15, -0.1) is 75.5 Å². The van der Waals surface area contributed by atoms with E-state index in [4.69, 9.17) is 10.2 Å². The Balaban J connectivity index is 0.000000146. The molecule has 0 saturated heterocycles. The Kier molecular flexibility index (Phi) is 12.7. The number of fused-ring (bicyclic) bond motifs is 4. The van der Waals surface area contributed by atoms with E-state index in [2.05, 4.69) is 146 Å². The summed E-state index contributed by atoms with van der Waals surface area (Å²) in [5.41, 5.74) is 8.54. The van der Waals surface area contributed by atoms with Crippen molar-refractivity contribution in [3.8, 4) is 22.3 Å². The van der Waals surface area contributed by atoms with Crippen molar-refractivity contribution in [2.75, 3.05) is 6.61 Å². The molecule has 0 aliphatic heterocycles. The van der Waals surface area contributed by atoms with Gasteiger partial charge in [-0.2, -0.15) is 12.1 Å². The predicted octanol–water partition coefficient (Wildman–Crippen LogP) is 14.0. The van der Waals surface area contributed by atoms with Gasteiger partial charge in [-0.3, -0.25) is 0 Å². The molecule has 0 heterocycles. The van der Waals surface area contributed by atoms with Crippen LogP contribution >= 0.6 is 0 Å². The van der Waals surface area contributed by atoms with Gasteiger partial charge in [0.1, 0.15) is 0 Å². The van der Waals surface area contributed by atoms with E-state index in [9.17, 15) is 0 Å². The van der Waals surface area contributed by atoms with Crippen molar-refractivity contribution in [2.24, 2.45) is 0 Å². The van der Waals surface area contributed by atoms with Gasteiger partial charge in [0.25, 0.3) is 0 Å². The van der Waals surface area contributed by atoms with Crippen LogP contribution in [0.2, 0.25) is 0 Å². The van der Waals surface area contributed by atoms with E-state index in [0.717, 1.165) is 18.4 Å². The molecule has 10 rings (SSSR count). The van der Waals surface area contributed by atoms with Crippen molar-refractivity contribution < 1.29 is 36.1 Å². The summed E-state index contributed by atoms with van der Waals surface area (Å²) >= 11 is 0. The van der Waals surface area contributed by atoms with Gasteiger partial charge in [-0.25, -0.2) is 6.61 Å². The Bertz CT molecular complexity index is 2250. The van der Waals surface area contributed by atoms with Crippen LogP contribution in [0.25, 0.3) is 65.3 Å². The van der Waals surface area contributed by atoms with Crippen LogP contribution in [-0.2, 0) is 25.8 Å². The molecule has 2 aliphatic rings. The predicted molar refractivity (Wildman–Crippen MR) is 225 cm³/mol. The molecule has 0 aromatic heterocycles. The van der Waals surface area contributed by atoms with Crippen molar-refractivity contribution in [1.82, 2.24) is 0 Å². The van der Waals surface area contributed by atoms with Gasteiger partial charge in [-0.05, 0) is 70.2 Å². The van der Waals surface area contributed by atoms with Crippen molar-refractivity contribution in [2.45, 2.75) is 69.6 Å². The molecule has 0 bridgehead atoms. The molecule has 2 nitrogen and oxygen atoms in total. The molecule has 0 spiro atoms. The summed E-state index contributed by atoms with van der Waals surface area (Å²) in [4.78, 5) is 0. The van der Waals surface area contributed by atoms with Gasteiger partial charge >= 0.3 is 0 Å². The van der Waals surface area contributed by atoms with Gasteiger partial charge in [0.05, 0.1) is 0 Å². The molecular weight excluding hydrogens is 823 g/mol. The number of benzene rings is 6. The third kappa shape index (κ3) is 8.10. The Morgan fingerprint density at radius 1 is 0.481 bits per heavy atom. The molecule has 2 fully saturated rings. The quantitative estimate of drug-likeness (QED) is 0.129. The zero-order chi connectivity index (χ0) is 36.0. The maximum Gasteiger partial charge on any atom is 0.0179 e. The molecule has 2 saturated carbocycles. The van der Waals surface area contributed by atoms with Crippen LogP contribution in [0.15, 0.2) is 146 Å². The minimum atomic E-state index is 0. The zero-order valence-corrected chi connectivity index (χ0v) is 34.6. The molecule has 2 N–H and O–H groups in total. The molecule has 54 heavy (non-hydrogen) atoms. The summed E-state index contributed by atoms with van der Waals surface area (Å²) in [6.07, 6.45) is 11.4. The van der Waals surface area contributed by atoms with Gasteiger partial charge in [0.2, 0.25) is 0 Å². The van der Waals surface area contributed by atoms with Crippen LogP contribution in [0.5, 0.6) is 0 Å². The van der Waals surface area contributed by atoms with E-state index in [1.54, 1.807) is 11.1 Å². The summed E-state index contributed by atoms with van der Waals surface area (Å²) in [6, 6.07) is 54.0. The molecule has 8 aromatic carbocycles. The summed E-state index contributed by atoms with van der Waals surface area (Å²) in [6.45, 7) is 0.969. The third-order valence-electron chi connectivity index (χ3n) is 11.6. The topological polar surface area (TPSA) is 40.5 Å². The molecule has 2 aliphatic carbocycles. The fourth-order valence-corrected chi connectivity index (χ4v) is 8.95. The molecule has 0 radical (unpaired) electrons. The smallest absolute Gasteiger partial charge is 0.0179 e. The Morgan fingerprint density at radius 3 is 1.24 bits per heavy atom. The second-order valence-electron chi connectivity index (χ2n) is 14.9. The molecule has 3 heteroatoms. The number of hydrogen-bond acceptors (Lipinski definition) is 2. The molecular formula is C51H49HfO2-3. The first-order valence-electron chi connectivity index (χ1n) is 19.6. The maximum absolute atomic E-state index is 7.88. The average molecular weight is 872 g/mol. The van der Waals surface area contributed by atoms with Crippen LogP contribution in [0, 0.1) is 6.61 Å². The minimum absolute atomic E-state index is 0. The number of aliphatic hydroxyl groups is 2. The van der Waals surface area contributed by atoms with Crippen LogP contribution in [0.1, 0.15) is 80.8 Å². The molecule has 0 atom stereocenters. The molecule has 272 valence electrons. The van der Waals surface area contributed by atoms with E-state index >= 15 is 0 Å². The first-order valence-corrected chi connectivity index (χ1v) is 19.6. The van der Waals surface area contributed by atoms with Gasteiger partial charge in [0.15, 0.2) is 0 Å². The van der Waals surface area contributed by atoms with Crippen molar-refractivity contribution >= 4 is 43.1 Å². The maximum atomic E-state index is 7.88. The second-order valence-corrected chi connectivity index (χ2v) is 14.9. The first-order chi connectivity index (χ1) is 26.2. The van der Waals surface area contributed by atoms with E-state index in [-0.39, 0.29) is 32.5 Å². The van der Waals surface area contributed by atoms with E-state index in [1.165, 1.54) is 117 Å². The van der Waals surface area contributed by atoms with Gasteiger partial charge in [0, 0.05) is 32.5 Å². The van der Waals surface area contributed by atoms with E-state index in [1.807, 2.05) is 0 Å². The molecule has 8 aromatic rings. The number of rotatable bonds is 6. The third-order valence-corrected chi connectivity index (χ3v) is 11.6. The van der Waals surface area contributed by atoms with E-state index < -0.39 is 0 Å². The van der Waals surface area contributed by atoms with Crippen LogP contribution < -0.4 is 0 Å².